The van der Waals surface area contributed by atoms with E-state index in [4.69, 9.17) is 0 Å². The summed E-state index contributed by atoms with van der Waals surface area (Å²) in [7, 11) is 0. The molecular formula is C21H22N2O2S. The summed E-state index contributed by atoms with van der Waals surface area (Å²) in [6.45, 7) is 2.14. The highest BCUT2D eigenvalue weighted by atomic mass is 32.2. The van der Waals surface area contributed by atoms with Crippen molar-refractivity contribution >= 4 is 29.3 Å². The summed E-state index contributed by atoms with van der Waals surface area (Å²) in [5.74, 6) is 1.27. The highest BCUT2D eigenvalue weighted by molar-refractivity contribution is 7.99. The first kappa shape index (κ1) is 17.2. The van der Waals surface area contributed by atoms with E-state index in [-0.39, 0.29) is 11.8 Å². The van der Waals surface area contributed by atoms with Crippen LogP contribution in [0.5, 0.6) is 0 Å². The van der Waals surface area contributed by atoms with Crippen molar-refractivity contribution in [3.8, 4) is 0 Å². The Labute approximate surface area is 158 Å². The standard InChI is InChI=1S/C21H22N2O2S/c24-20-10-4-11-22(20)15-16-6-3-7-17(14-16)21(25)23-12-5-13-26-19-9-2-1-8-18(19)23/h1-3,6-9,14H,4-5,10-13,15H2. The number of hydrogen-bond donors (Lipinski definition) is 0. The summed E-state index contributed by atoms with van der Waals surface area (Å²) >= 11 is 1.81. The second kappa shape index (κ2) is 7.54. The quantitative estimate of drug-likeness (QED) is 0.826. The Kier molecular flexibility index (Phi) is 4.98. The van der Waals surface area contributed by atoms with Crippen molar-refractivity contribution in [3.63, 3.8) is 0 Å². The third-order valence-corrected chi connectivity index (χ3v) is 6.05. The molecule has 2 aliphatic heterocycles. The number of carbonyl (C=O) groups excluding carboxylic acids is 2. The van der Waals surface area contributed by atoms with Crippen molar-refractivity contribution in [3.05, 3.63) is 59.7 Å². The summed E-state index contributed by atoms with van der Waals surface area (Å²) in [5, 5.41) is 0. The topological polar surface area (TPSA) is 40.6 Å². The molecule has 0 atom stereocenters. The molecular weight excluding hydrogens is 344 g/mol. The van der Waals surface area contributed by atoms with Crippen LogP contribution >= 0.6 is 11.8 Å². The van der Waals surface area contributed by atoms with Crippen molar-refractivity contribution in [1.82, 2.24) is 4.90 Å². The first-order valence-corrected chi connectivity index (χ1v) is 10.1. The molecule has 0 unspecified atom stereocenters. The Morgan fingerprint density at radius 2 is 1.92 bits per heavy atom. The molecule has 2 aliphatic rings. The number of fused-ring (bicyclic) bond motifs is 1. The van der Waals surface area contributed by atoms with Gasteiger partial charge in [0.1, 0.15) is 0 Å². The molecule has 4 nitrogen and oxygen atoms in total. The van der Waals surface area contributed by atoms with Gasteiger partial charge in [-0.05, 0) is 48.4 Å². The third-order valence-electron chi connectivity index (χ3n) is 4.90. The summed E-state index contributed by atoms with van der Waals surface area (Å²) in [6.07, 6.45) is 2.55. The summed E-state index contributed by atoms with van der Waals surface area (Å²) in [4.78, 5) is 30.0. The van der Waals surface area contributed by atoms with Gasteiger partial charge in [-0.1, -0.05) is 24.3 Å². The molecule has 26 heavy (non-hydrogen) atoms. The molecule has 0 radical (unpaired) electrons. The highest BCUT2D eigenvalue weighted by Crippen LogP contribution is 2.34. The number of rotatable bonds is 3. The van der Waals surface area contributed by atoms with Gasteiger partial charge in [-0.3, -0.25) is 9.59 Å². The number of nitrogens with zero attached hydrogens (tertiary/aromatic N) is 2. The average Bonchev–Trinajstić information content (AvgIpc) is 2.94. The lowest BCUT2D eigenvalue weighted by atomic mass is 10.1. The number of likely N-dealkylation sites (tertiary alicyclic amines) is 1. The molecule has 4 rings (SSSR count). The molecule has 0 aromatic heterocycles. The largest absolute Gasteiger partial charge is 0.338 e. The molecule has 0 spiro atoms. The normalized spacial score (nSPS) is 17.2. The molecule has 2 aromatic rings. The number of hydrogen-bond acceptors (Lipinski definition) is 3. The van der Waals surface area contributed by atoms with Gasteiger partial charge >= 0.3 is 0 Å². The zero-order valence-electron chi connectivity index (χ0n) is 14.7. The van der Waals surface area contributed by atoms with Crippen LogP contribution in [0.3, 0.4) is 0 Å². The second-order valence-corrected chi connectivity index (χ2v) is 7.88. The minimum atomic E-state index is 0.0366. The van der Waals surface area contributed by atoms with Gasteiger partial charge < -0.3 is 9.80 Å². The Bertz CT molecular complexity index is 836. The summed E-state index contributed by atoms with van der Waals surface area (Å²) in [5.41, 5.74) is 2.71. The number of para-hydroxylation sites is 1. The molecule has 0 N–H and O–H groups in total. The van der Waals surface area contributed by atoms with Gasteiger partial charge in [0.2, 0.25) is 5.91 Å². The molecule has 2 amide bonds. The predicted molar refractivity (Wildman–Crippen MR) is 105 cm³/mol. The SMILES string of the molecule is O=C1CCCN1Cc1cccc(C(=O)N2CCCSc3ccccc32)c1. The maximum Gasteiger partial charge on any atom is 0.258 e. The Balaban J connectivity index is 1.58. The molecule has 2 aromatic carbocycles. The van der Waals surface area contributed by atoms with E-state index in [1.54, 1.807) is 0 Å². The molecule has 134 valence electrons. The molecule has 0 bridgehead atoms. The number of amides is 2. The van der Waals surface area contributed by atoms with Gasteiger partial charge in [-0.25, -0.2) is 0 Å². The van der Waals surface area contributed by atoms with E-state index in [9.17, 15) is 9.59 Å². The lowest BCUT2D eigenvalue weighted by molar-refractivity contribution is -0.128. The van der Waals surface area contributed by atoms with Gasteiger partial charge in [0.25, 0.3) is 5.91 Å². The average molecular weight is 366 g/mol. The third kappa shape index (κ3) is 3.49. The molecule has 1 fully saturated rings. The number of anilines is 1. The predicted octanol–water partition coefficient (Wildman–Crippen LogP) is 3.95. The van der Waals surface area contributed by atoms with Gasteiger partial charge in [0.15, 0.2) is 0 Å². The maximum atomic E-state index is 13.2. The van der Waals surface area contributed by atoms with E-state index in [1.807, 2.05) is 64.0 Å². The van der Waals surface area contributed by atoms with E-state index in [0.717, 1.165) is 47.8 Å². The first-order valence-electron chi connectivity index (χ1n) is 9.13. The molecule has 5 heteroatoms. The Morgan fingerprint density at radius 3 is 2.77 bits per heavy atom. The zero-order valence-corrected chi connectivity index (χ0v) is 15.5. The first-order chi connectivity index (χ1) is 12.7. The van der Waals surface area contributed by atoms with Crippen molar-refractivity contribution in [2.45, 2.75) is 30.7 Å². The van der Waals surface area contributed by atoms with Crippen LogP contribution in [0.15, 0.2) is 53.4 Å². The van der Waals surface area contributed by atoms with Crippen molar-refractivity contribution in [2.24, 2.45) is 0 Å². The van der Waals surface area contributed by atoms with Crippen molar-refractivity contribution in [1.29, 1.82) is 0 Å². The van der Waals surface area contributed by atoms with Crippen LogP contribution in [0.4, 0.5) is 5.69 Å². The fourth-order valence-corrected chi connectivity index (χ4v) is 4.58. The van der Waals surface area contributed by atoms with Crippen LogP contribution in [0.1, 0.15) is 35.2 Å². The number of benzene rings is 2. The van der Waals surface area contributed by atoms with Crippen LogP contribution in [0.2, 0.25) is 0 Å². The van der Waals surface area contributed by atoms with Gasteiger partial charge in [-0.15, -0.1) is 11.8 Å². The minimum Gasteiger partial charge on any atom is -0.338 e. The van der Waals surface area contributed by atoms with E-state index < -0.39 is 0 Å². The fraction of sp³-hybridized carbons (Fsp3) is 0.333. The number of thioether (sulfide) groups is 1. The van der Waals surface area contributed by atoms with Gasteiger partial charge in [0, 0.05) is 36.5 Å². The van der Waals surface area contributed by atoms with Crippen LogP contribution in [-0.4, -0.2) is 35.6 Å². The van der Waals surface area contributed by atoms with E-state index in [1.165, 1.54) is 0 Å². The van der Waals surface area contributed by atoms with Crippen LogP contribution in [0.25, 0.3) is 0 Å². The molecule has 0 saturated carbocycles. The highest BCUT2D eigenvalue weighted by Gasteiger charge is 2.24. The lowest BCUT2D eigenvalue weighted by Gasteiger charge is -2.23. The smallest absolute Gasteiger partial charge is 0.258 e. The lowest BCUT2D eigenvalue weighted by Crippen LogP contribution is -2.32. The van der Waals surface area contributed by atoms with E-state index in [0.29, 0.717) is 18.5 Å². The molecule has 0 aliphatic carbocycles. The van der Waals surface area contributed by atoms with Crippen molar-refractivity contribution in [2.75, 3.05) is 23.7 Å². The maximum absolute atomic E-state index is 13.2. The summed E-state index contributed by atoms with van der Waals surface area (Å²) in [6, 6.07) is 15.8. The Morgan fingerprint density at radius 1 is 1.04 bits per heavy atom. The molecule has 1 saturated heterocycles. The monoisotopic (exact) mass is 366 g/mol. The zero-order chi connectivity index (χ0) is 17.9. The fourth-order valence-electron chi connectivity index (χ4n) is 3.59. The van der Waals surface area contributed by atoms with E-state index in [2.05, 4.69) is 6.07 Å². The Hall–Kier alpha value is -2.27. The van der Waals surface area contributed by atoms with Gasteiger partial charge in [-0.2, -0.15) is 0 Å². The number of carbonyl (C=O) groups is 2. The second-order valence-electron chi connectivity index (χ2n) is 6.75. The van der Waals surface area contributed by atoms with Crippen LogP contribution in [0, 0.1) is 0 Å². The van der Waals surface area contributed by atoms with E-state index >= 15 is 0 Å². The van der Waals surface area contributed by atoms with Crippen molar-refractivity contribution < 1.29 is 9.59 Å². The van der Waals surface area contributed by atoms with Crippen LogP contribution in [-0.2, 0) is 11.3 Å². The summed E-state index contributed by atoms with van der Waals surface area (Å²) < 4.78 is 0. The minimum absolute atomic E-state index is 0.0366. The van der Waals surface area contributed by atoms with Crippen LogP contribution < -0.4 is 4.90 Å². The van der Waals surface area contributed by atoms with Gasteiger partial charge in [0.05, 0.1) is 5.69 Å². The molecule has 2 heterocycles.